The summed E-state index contributed by atoms with van der Waals surface area (Å²) in [4.78, 5) is 38.5. The van der Waals surface area contributed by atoms with Crippen molar-refractivity contribution in [3.8, 4) is 11.5 Å². The van der Waals surface area contributed by atoms with Gasteiger partial charge in [-0.3, -0.25) is 19.3 Å². The smallest absolute Gasteiger partial charge is 0.308 e. The van der Waals surface area contributed by atoms with Crippen LogP contribution in [0.4, 0.5) is 15.8 Å². The second-order valence-corrected chi connectivity index (χ2v) is 6.81. The van der Waals surface area contributed by atoms with Crippen LogP contribution in [0.15, 0.2) is 36.4 Å². The molecule has 2 aromatic rings. The van der Waals surface area contributed by atoms with Crippen LogP contribution in [0.3, 0.4) is 0 Å². The minimum absolute atomic E-state index is 0.00575. The monoisotopic (exact) mass is 414 g/mol. The zero-order valence-electron chi connectivity index (χ0n) is 16.1. The lowest BCUT2D eigenvalue weighted by Crippen LogP contribution is -2.48. The van der Waals surface area contributed by atoms with Crippen molar-refractivity contribution in [3.63, 3.8) is 0 Å². The number of amides is 2. The molecule has 0 fully saturated rings. The maximum Gasteiger partial charge on any atom is 0.308 e. The molecule has 2 amide bonds. The van der Waals surface area contributed by atoms with Crippen LogP contribution in [0.5, 0.6) is 11.5 Å². The quantitative estimate of drug-likeness (QED) is 0.773. The SMILES string of the molecule is CCOC(=O)C[C@H]1COc2cc(F)ccc2N1C(=O)c1ccc2c(c1)NC(=O)CO2. The van der Waals surface area contributed by atoms with Crippen LogP contribution < -0.4 is 19.7 Å². The van der Waals surface area contributed by atoms with Crippen LogP contribution >= 0.6 is 0 Å². The Bertz CT molecular complexity index is 1020. The topological polar surface area (TPSA) is 94.2 Å². The number of nitrogens with one attached hydrogen (secondary N) is 1. The Morgan fingerprint density at radius 1 is 1.20 bits per heavy atom. The van der Waals surface area contributed by atoms with Crippen molar-refractivity contribution in [1.29, 1.82) is 0 Å². The van der Waals surface area contributed by atoms with Crippen LogP contribution in [0.2, 0.25) is 0 Å². The molecule has 0 aliphatic carbocycles. The number of esters is 1. The fourth-order valence-corrected chi connectivity index (χ4v) is 3.45. The number of fused-ring (bicyclic) bond motifs is 2. The van der Waals surface area contributed by atoms with Gasteiger partial charge in [-0.25, -0.2) is 4.39 Å². The Kier molecular flexibility index (Phi) is 5.26. The molecular weight excluding hydrogens is 395 g/mol. The van der Waals surface area contributed by atoms with E-state index in [9.17, 15) is 18.8 Å². The first-order valence-electron chi connectivity index (χ1n) is 9.44. The van der Waals surface area contributed by atoms with Crippen molar-refractivity contribution in [3.05, 3.63) is 47.8 Å². The molecule has 9 heteroatoms. The molecule has 0 spiro atoms. The summed E-state index contributed by atoms with van der Waals surface area (Å²) in [6, 6.07) is 7.87. The molecule has 0 saturated carbocycles. The number of hydrogen-bond donors (Lipinski definition) is 1. The first-order chi connectivity index (χ1) is 14.5. The average Bonchev–Trinajstić information content (AvgIpc) is 2.72. The van der Waals surface area contributed by atoms with Crippen LogP contribution in [0, 0.1) is 5.82 Å². The molecule has 2 heterocycles. The van der Waals surface area contributed by atoms with Gasteiger partial charge in [0.15, 0.2) is 6.61 Å². The fraction of sp³-hybridized carbons (Fsp3) is 0.286. The molecule has 8 nitrogen and oxygen atoms in total. The number of nitrogens with zero attached hydrogens (tertiary/aromatic N) is 1. The van der Waals surface area contributed by atoms with E-state index in [1.54, 1.807) is 19.1 Å². The molecule has 156 valence electrons. The summed E-state index contributed by atoms with van der Waals surface area (Å²) in [7, 11) is 0. The highest BCUT2D eigenvalue weighted by molar-refractivity contribution is 6.09. The number of hydrogen-bond acceptors (Lipinski definition) is 6. The van der Waals surface area contributed by atoms with E-state index in [0.29, 0.717) is 17.1 Å². The van der Waals surface area contributed by atoms with Gasteiger partial charge in [0.05, 0.1) is 30.4 Å². The van der Waals surface area contributed by atoms with Gasteiger partial charge < -0.3 is 19.5 Å². The number of benzene rings is 2. The number of ether oxygens (including phenoxy) is 3. The van der Waals surface area contributed by atoms with Crippen molar-refractivity contribution in [1.82, 2.24) is 0 Å². The van der Waals surface area contributed by atoms with Gasteiger partial charge >= 0.3 is 5.97 Å². The minimum Gasteiger partial charge on any atom is -0.489 e. The highest BCUT2D eigenvalue weighted by Crippen LogP contribution is 2.37. The van der Waals surface area contributed by atoms with Crippen molar-refractivity contribution in [2.75, 3.05) is 30.0 Å². The highest BCUT2D eigenvalue weighted by atomic mass is 19.1. The molecule has 1 atom stereocenters. The Labute approximate surface area is 171 Å². The van der Waals surface area contributed by atoms with E-state index in [0.717, 1.165) is 0 Å². The lowest BCUT2D eigenvalue weighted by Gasteiger charge is -2.36. The third kappa shape index (κ3) is 3.78. The molecule has 0 unspecified atom stereocenters. The standard InChI is InChI=1S/C21H19FN2O6/c1-2-28-20(26)9-14-10-29-18-8-13(22)4-5-16(18)24(14)21(27)12-3-6-17-15(7-12)23-19(25)11-30-17/h3-8,14H,2,9-11H2,1H3,(H,23,25)/t14-/m0/s1. The molecule has 4 rings (SSSR count). The summed E-state index contributed by atoms with van der Waals surface area (Å²) in [5.74, 6) is -1.06. The normalized spacial score (nSPS) is 17.1. The predicted octanol–water partition coefficient (Wildman–Crippen LogP) is 2.52. The maximum atomic E-state index is 13.7. The van der Waals surface area contributed by atoms with E-state index in [1.807, 2.05) is 0 Å². The summed E-state index contributed by atoms with van der Waals surface area (Å²) in [5, 5.41) is 2.66. The van der Waals surface area contributed by atoms with Crippen LogP contribution in [-0.4, -0.2) is 43.6 Å². The third-order valence-electron chi connectivity index (χ3n) is 4.76. The zero-order valence-corrected chi connectivity index (χ0v) is 16.1. The van der Waals surface area contributed by atoms with E-state index >= 15 is 0 Å². The van der Waals surface area contributed by atoms with Crippen molar-refractivity contribution < 1.29 is 33.0 Å². The first kappa shape index (κ1) is 19.7. The highest BCUT2D eigenvalue weighted by Gasteiger charge is 2.35. The van der Waals surface area contributed by atoms with E-state index in [2.05, 4.69) is 5.32 Å². The molecule has 2 aliphatic heterocycles. The van der Waals surface area contributed by atoms with Gasteiger partial charge in [-0.1, -0.05) is 0 Å². The molecule has 0 aromatic heterocycles. The maximum absolute atomic E-state index is 13.7. The summed E-state index contributed by atoms with van der Waals surface area (Å²) in [6.07, 6.45) is -0.0822. The van der Waals surface area contributed by atoms with E-state index < -0.39 is 23.7 Å². The van der Waals surface area contributed by atoms with Gasteiger partial charge in [-0.2, -0.15) is 0 Å². The second-order valence-electron chi connectivity index (χ2n) is 6.81. The summed E-state index contributed by atoms with van der Waals surface area (Å²) < 4.78 is 29.6. The Morgan fingerprint density at radius 2 is 2.03 bits per heavy atom. The van der Waals surface area contributed by atoms with Crippen LogP contribution in [-0.2, 0) is 14.3 Å². The number of anilines is 2. The number of halogens is 1. The van der Waals surface area contributed by atoms with Crippen molar-refractivity contribution in [2.45, 2.75) is 19.4 Å². The van der Waals surface area contributed by atoms with Crippen LogP contribution in [0.1, 0.15) is 23.7 Å². The Balaban J connectivity index is 1.70. The molecule has 0 bridgehead atoms. The molecule has 30 heavy (non-hydrogen) atoms. The van der Waals surface area contributed by atoms with Gasteiger partial charge in [0.2, 0.25) is 0 Å². The largest absolute Gasteiger partial charge is 0.489 e. The van der Waals surface area contributed by atoms with Crippen molar-refractivity contribution in [2.24, 2.45) is 0 Å². The molecule has 1 N–H and O–H groups in total. The summed E-state index contributed by atoms with van der Waals surface area (Å²) in [6.45, 7) is 1.82. The van der Waals surface area contributed by atoms with E-state index in [4.69, 9.17) is 14.2 Å². The third-order valence-corrected chi connectivity index (χ3v) is 4.76. The number of carbonyl (C=O) groups excluding carboxylic acids is 3. The molecule has 2 aromatic carbocycles. The first-order valence-corrected chi connectivity index (χ1v) is 9.44. The summed E-state index contributed by atoms with van der Waals surface area (Å²) >= 11 is 0. The van der Waals surface area contributed by atoms with Gasteiger partial charge in [-0.15, -0.1) is 0 Å². The predicted molar refractivity (Wildman–Crippen MR) is 104 cm³/mol. The second kappa shape index (κ2) is 8.02. The lowest BCUT2D eigenvalue weighted by molar-refractivity contribution is -0.143. The average molecular weight is 414 g/mol. The Morgan fingerprint density at radius 3 is 2.83 bits per heavy atom. The van der Waals surface area contributed by atoms with E-state index in [-0.39, 0.29) is 43.5 Å². The van der Waals surface area contributed by atoms with E-state index in [1.165, 1.54) is 29.2 Å². The molecule has 0 radical (unpaired) electrons. The van der Waals surface area contributed by atoms with Crippen LogP contribution in [0.25, 0.3) is 0 Å². The summed E-state index contributed by atoms with van der Waals surface area (Å²) in [5.41, 5.74) is 0.997. The number of carbonyl (C=O) groups is 3. The van der Waals surface area contributed by atoms with Gasteiger partial charge in [0, 0.05) is 11.6 Å². The fourth-order valence-electron chi connectivity index (χ4n) is 3.45. The van der Waals surface area contributed by atoms with Crippen molar-refractivity contribution >= 4 is 29.2 Å². The Hall–Kier alpha value is -3.62. The minimum atomic E-state index is -0.642. The zero-order chi connectivity index (χ0) is 21.3. The number of rotatable bonds is 4. The molecule has 2 aliphatic rings. The lowest BCUT2D eigenvalue weighted by atomic mass is 10.0. The molecular formula is C21H19FN2O6. The van der Waals surface area contributed by atoms with Gasteiger partial charge in [-0.05, 0) is 37.3 Å². The van der Waals surface area contributed by atoms with Gasteiger partial charge in [0.1, 0.15) is 23.9 Å². The molecule has 0 saturated heterocycles. The van der Waals surface area contributed by atoms with Gasteiger partial charge in [0.25, 0.3) is 11.8 Å².